The fourth-order valence-corrected chi connectivity index (χ4v) is 1.47. The van der Waals surface area contributed by atoms with Gasteiger partial charge in [0.1, 0.15) is 6.04 Å². The molecule has 2 rings (SSSR count). The molecule has 96 valence electrons. The summed E-state index contributed by atoms with van der Waals surface area (Å²) >= 11 is 0. The Morgan fingerprint density at radius 3 is 2.83 bits per heavy atom. The highest BCUT2D eigenvalue weighted by Gasteiger charge is 2.15. The molecule has 2 aromatic rings. The van der Waals surface area contributed by atoms with E-state index in [4.69, 9.17) is 0 Å². The number of carbonyl (C=O) groups is 1. The van der Waals surface area contributed by atoms with Crippen LogP contribution in [0.15, 0.2) is 12.4 Å². The summed E-state index contributed by atoms with van der Waals surface area (Å²) in [4.78, 5) is 15.8. The Labute approximate surface area is 104 Å². The molecular formula is C10H15N7O. The van der Waals surface area contributed by atoms with Crippen LogP contribution in [0.5, 0.6) is 0 Å². The fraction of sp³-hybridized carbons (Fsp3) is 0.500. The Hall–Kier alpha value is -2.25. The smallest absolute Gasteiger partial charge is 0.242 e. The van der Waals surface area contributed by atoms with Gasteiger partial charge in [-0.2, -0.15) is 4.52 Å². The number of tetrazole rings is 1. The molecule has 0 fully saturated rings. The van der Waals surface area contributed by atoms with Gasteiger partial charge in [-0.1, -0.05) is 0 Å². The second kappa shape index (κ2) is 4.94. The number of aromatic nitrogens is 5. The minimum Gasteiger partial charge on any atom is -0.357 e. The number of nitrogens with zero attached hydrogens (tertiary/aromatic N) is 5. The fourth-order valence-electron chi connectivity index (χ4n) is 1.47. The van der Waals surface area contributed by atoms with Crippen molar-refractivity contribution in [1.29, 1.82) is 0 Å². The van der Waals surface area contributed by atoms with Gasteiger partial charge in [0, 0.05) is 6.04 Å². The summed E-state index contributed by atoms with van der Waals surface area (Å²) in [7, 11) is 0. The molecule has 0 saturated carbocycles. The van der Waals surface area contributed by atoms with Crippen LogP contribution < -0.4 is 10.6 Å². The van der Waals surface area contributed by atoms with Crippen molar-refractivity contribution < 1.29 is 4.79 Å². The third kappa shape index (κ3) is 2.53. The molecule has 1 atom stereocenters. The number of carbonyl (C=O) groups excluding carboxylic acids is 1. The van der Waals surface area contributed by atoms with E-state index in [1.54, 1.807) is 19.3 Å². The van der Waals surface area contributed by atoms with Gasteiger partial charge in [-0.15, -0.1) is 5.10 Å². The predicted molar refractivity (Wildman–Crippen MR) is 64.9 cm³/mol. The van der Waals surface area contributed by atoms with Crippen molar-refractivity contribution in [3.63, 3.8) is 0 Å². The zero-order valence-electron chi connectivity index (χ0n) is 10.5. The molecule has 0 aliphatic carbocycles. The van der Waals surface area contributed by atoms with Crippen molar-refractivity contribution in [2.45, 2.75) is 32.9 Å². The Kier molecular flexibility index (Phi) is 3.35. The van der Waals surface area contributed by atoms with Gasteiger partial charge < -0.3 is 10.6 Å². The Morgan fingerprint density at radius 2 is 2.11 bits per heavy atom. The van der Waals surface area contributed by atoms with Crippen molar-refractivity contribution >= 4 is 17.4 Å². The van der Waals surface area contributed by atoms with Crippen LogP contribution >= 0.6 is 0 Å². The summed E-state index contributed by atoms with van der Waals surface area (Å²) in [6.45, 7) is 5.59. The van der Waals surface area contributed by atoms with Crippen molar-refractivity contribution in [2.75, 3.05) is 5.32 Å². The third-order valence-corrected chi connectivity index (χ3v) is 2.30. The van der Waals surface area contributed by atoms with E-state index < -0.39 is 6.04 Å². The van der Waals surface area contributed by atoms with E-state index in [0.29, 0.717) is 11.5 Å². The molecule has 2 heterocycles. The van der Waals surface area contributed by atoms with Gasteiger partial charge in [0.15, 0.2) is 11.5 Å². The van der Waals surface area contributed by atoms with Crippen LogP contribution in [0.2, 0.25) is 0 Å². The second-order valence-electron chi connectivity index (χ2n) is 4.27. The normalized spacial score (nSPS) is 12.7. The summed E-state index contributed by atoms with van der Waals surface area (Å²) < 4.78 is 1.49. The quantitative estimate of drug-likeness (QED) is 0.781. The molecule has 18 heavy (non-hydrogen) atoms. The molecule has 0 aliphatic heterocycles. The highest BCUT2D eigenvalue weighted by atomic mass is 16.2. The molecule has 0 aliphatic rings. The molecule has 1 unspecified atom stereocenters. The van der Waals surface area contributed by atoms with Gasteiger partial charge in [0.05, 0.1) is 12.4 Å². The van der Waals surface area contributed by atoms with Crippen LogP contribution in [0.25, 0.3) is 5.65 Å². The number of hydrogen-bond acceptors (Lipinski definition) is 6. The van der Waals surface area contributed by atoms with E-state index >= 15 is 0 Å². The molecule has 8 nitrogen and oxygen atoms in total. The summed E-state index contributed by atoms with van der Waals surface area (Å²) in [5.74, 6) is 0.485. The maximum absolute atomic E-state index is 11.8. The highest BCUT2D eigenvalue weighted by Crippen LogP contribution is 2.07. The number of anilines is 1. The number of fused-ring (bicyclic) bond motifs is 1. The van der Waals surface area contributed by atoms with E-state index in [1.165, 1.54) is 4.52 Å². The van der Waals surface area contributed by atoms with E-state index in [9.17, 15) is 4.79 Å². The minimum atomic E-state index is -0.399. The average molecular weight is 249 g/mol. The largest absolute Gasteiger partial charge is 0.357 e. The molecule has 0 bridgehead atoms. The first-order valence-electron chi connectivity index (χ1n) is 5.67. The minimum absolute atomic E-state index is 0.0879. The van der Waals surface area contributed by atoms with E-state index in [1.807, 2.05) is 13.8 Å². The lowest BCUT2D eigenvalue weighted by molar-refractivity contribution is -0.122. The van der Waals surface area contributed by atoms with Crippen LogP contribution in [0.1, 0.15) is 20.8 Å². The molecule has 2 aromatic heterocycles. The molecule has 0 saturated heterocycles. The standard InChI is InChI=1S/C10H15N7O/c1-6(2)12-10(18)7(3)13-8-4-11-5-9-14-15-16-17(8)9/h4-7,13H,1-3H3,(H,12,18). The van der Waals surface area contributed by atoms with Crippen LogP contribution in [0.4, 0.5) is 5.82 Å². The van der Waals surface area contributed by atoms with Crippen molar-refractivity contribution in [3.8, 4) is 0 Å². The number of amides is 1. The van der Waals surface area contributed by atoms with Gasteiger partial charge in [0.2, 0.25) is 5.91 Å². The molecule has 2 N–H and O–H groups in total. The SMILES string of the molecule is CC(C)NC(=O)C(C)Nc1cncc2nnnn12. The number of nitrogens with one attached hydrogen (secondary N) is 2. The van der Waals surface area contributed by atoms with Gasteiger partial charge in [-0.05, 0) is 31.2 Å². The topological polar surface area (TPSA) is 97.1 Å². The zero-order chi connectivity index (χ0) is 13.1. The second-order valence-corrected chi connectivity index (χ2v) is 4.27. The molecule has 8 heteroatoms. The Bertz CT molecular complexity index is 550. The van der Waals surface area contributed by atoms with Crippen molar-refractivity contribution in [3.05, 3.63) is 12.4 Å². The Morgan fingerprint density at radius 1 is 1.33 bits per heavy atom. The predicted octanol–water partition coefficient (Wildman–Crippen LogP) is -0.156. The van der Waals surface area contributed by atoms with Crippen LogP contribution in [0, 0.1) is 0 Å². The average Bonchev–Trinajstić information content (AvgIpc) is 2.77. The van der Waals surface area contributed by atoms with Crippen LogP contribution in [-0.2, 0) is 4.79 Å². The van der Waals surface area contributed by atoms with Gasteiger partial charge in [0.25, 0.3) is 0 Å². The lowest BCUT2D eigenvalue weighted by Crippen LogP contribution is -2.41. The van der Waals surface area contributed by atoms with E-state index in [-0.39, 0.29) is 11.9 Å². The number of hydrogen-bond donors (Lipinski definition) is 2. The first-order valence-corrected chi connectivity index (χ1v) is 5.67. The zero-order valence-corrected chi connectivity index (χ0v) is 10.5. The molecule has 0 aromatic carbocycles. The Balaban J connectivity index is 2.13. The molecular weight excluding hydrogens is 234 g/mol. The summed E-state index contributed by atoms with van der Waals surface area (Å²) in [6, 6.07) is -0.298. The molecule has 1 amide bonds. The van der Waals surface area contributed by atoms with Crippen molar-refractivity contribution in [2.24, 2.45) is 0 Å². The lowest BCUT2D eigenvalue weighted by atomic mass is 10.3. The van der Waals surface area contributed by atoms with Crippen molar-refractivity contribution in [1.82, 2.24) is 30.3 Å². The van der Waals surface area contributed by atoms with Gasteiger partial charge >= 0.3 is 0 Å². The highest BCUT2D eigenvalue weighted by molar-refractivity contribution is 5.84. The third-order valence-electron chi connectivity index (χ3n) is 2.30. The van der Waals surface area contributed by atoms with Crippen LogP contribution in [0.3, 0.4) is 0 Å². The summed E-state index contributed by atoms with van der Waals surface area (Å²) in [5.41, 5.74) is 0.525. The summed E-state index contributed by atoms with van der Waals surface area (Å²) in [5, 5.41) is 17.0. The van der Waals surface area contributed by atoms with E-state index in [2.05, 4.69) is 31.1 Å². The maximum atomic E-state index is 11.8. The molecule has 0 spiro atoms. The number of rotatable bonds is 4. The molecule has 0 radical (unpaired) electrons. The van der Waals surface area contributed by atoms with E-state index in [0.717, 1.165) is 0 Å². The van der Waals surface area contributed by atoms with Gasteiger partial charge in [-0.3, -0.25) is 9.78 Å². The first-order chi connectivity index (χ1) is 8.58. The van der Waals surface area contributed by atoms with Crippen LogP contribution in [-0.4, -0.2) is 43.0 Å². The monoisotopic (exact) mass is 249 g/mol. The van der Waals surface area contributed by atoms with Gasteiger partial charge in [-0.25, -0.2) is 0 Å². The first kappa shape index (κ1) is 12.2. The lowest BCUT2D eigenvalue weighted by Gasteiger charge is -2.16. The summed E-state index contributed by atoms with van der Waals surface area (Å²) in [6.07, 6.45) is 3.12. The maximum Gasteiger partial charge on any atom is 0.242 e.